The first-order valence-corrected chi connectivity index (χ1v) is 8.86. The number of thiazole rings is 1. The molecule has 2 nitrogen and oxygen atoms in total. The van der Waals surface area contributed by atoms with E-state index in [1.54, 1.807) is 22.7 Å². The molecule has 4 rings (SSSR count). The number of benzene rings is 1. The summed E-state index contributed by atoms with van der Waals surface area (Å²) in [5.41, 5.74) is 3.36. The molecule has 0 bridgehead atoms. The third-order valence-electron chi connectivity index (χ3n) is 3.45. The van der Waals surface area contributed by atoms with Crippen LogP contribution in [-0.2, 0) is 0 Å². The lowest BCUT2D eigenvalue weighted by Gasteiger charge is -2.03. The van der Waals surface area contributed by atoms with Crippen LogP contribution < -0.4 is 0 Å². The van der Waals surface area contributed by atoms with Gasteiger partial charge in [-0.1, -0.05) is 23.7 Å². The first kappa shape index (κ1) is 13.9. The molecule has 0 aliphatic carbocycles. The predicted octanol–water partition coefficient (Wildman–Crippen LogP) is 6.05. The van der Waals surface area contributed by atoms with Gasteiger partial charge in [0.05, 0.1) is 15.6 Å². The van der Waals surface area contributed by atoms with Gasteiger partial charge < -0.3 is 0 Å². The van der Waals surface area contributed by atoms with Gasteiger partial charge in [-0.2, -0.15) is 0 Å². The van der Waals surface area contributed by atoms with Gasteiger partial charge in [0.25, 0.3) is 0 Å². The molecular formula is C17H11ClN2S2. The molecule has 0 saturated heterocycles. The Kier molecular flexibility index (Phi) is 3.45. The molecule has 0 saturated carbocycles. The number of hydrogen-bond acceptors (Lipinski definition) is 4. The maximum atomic E-state index is 6.03. The van der Waals surface area contributed by atoms with E-state index >= 15 is 0 Å². The standard InChI is InChI=1S/C17H11ClN2S2/c1-10-20-14(9-21-10)16-15(11-4-6-12(18)7-5-11)13-3-2-8-19-17(13)22-16/h2-9H,1H3. The fourth-order valence-electron chi connectivity index (χ4n) is 2.48. The Labute approximate surface area is 141 Å². The van der Waals surface area contributed by atoms with Crippen molar-refractivity contribution in [1.82, 2.24) is 9.97 Å². The number of pyridine rings is 1. The van der Waals surface area contributed by atoms with Gasteiger partial charge in [-0.05, 0) is 36.8 Å². The van der Waals surface area contributed by atoms with Gasteiger partial charge in [0.1, 0.15) is 4.83 Å². The number of aryl methyl sites for hydroxylation is 1. The van der Waals surface area contributed by atoms with Crippen molar-refractivity contribution in [3.05, 3.63) is 58.0 Å². The third kappa shape index (κ3) is 2.33. The maximum Gasteiger partial charge on any atom is 0.124 e. The van der Waals surface area contributed by atoms with Crippen LogP contribution in [0.4, 0.5) is 0 Å². The lowest BCUT2D eigenvalue weighted by atomic mass is 10.0. The summed E-state index contributed by atoms with van der Waals surface area (Å²) in [6.45, 7) is 2.03. The first-order chi connectivity index (χ1) is 10.7. The Morgan fingerprint density at radius 1 is 1.09 bits per heavy atom. The normalized spacial score (nSPS) is 11.2. The van der Waals surface area contributed by atoms with Crippen LogP contribution in [0.2, 0.25) is 5.02 Å². The zero-order valence-corrected chi connectivity index (χ0v) is 14.1. The molecule has 5 heteroatoms. The second kappa shape index (κ2) is 5.47. The van der Waals surface area contributed by atoms with E-state index in [1.165, 1.54) is 10.4 Å². The first-order valence-electron chi connectivity index (χ1n) is 6.78. The van der Waals surface area contributed by atoms with Crippen molar-refractivity contribution in [3.63, 3.8) is 0 Å². The molecule has 0 aliphatic heterocycles. The number of nitrogens with zero attached hydrogens (tertiary/aromatic N) is 2. The van der Waals surface area contributed by atoms with Gasteiger partial charge in [0, 0.05) is 27.5 Å². The van der Waals surface area contributed by atoms with Crippen molar-refractivity contribution < 1.29 is 0 Å². The van der Waals surface area contributed by atoms with Crippen LogP contribution in [0.25, 0.3) is 31.9 Å². The van der Waals surface area contributed by atoms with E-state index in [-0.39, 0.29) is 0 Å². The number of halogens is 1. The van der Waals surface area contributed by atoms with E-state index in [0.717, 1.165) is 31.5 Å². The van der Waals surface area contributed by atoms with E-state index in [0.29, 0.717) is 0 Å². The van der Waals surface area contributed by atoms with Gasteiger partial charge in [-0.25, -0.2) is 9.97 Å². The number of thiophene rings is 1. The minimum atomic E-state index is 0.743. The smallest absolute Gasteiger partial charge is 0.124 e. The molecule has 0 N–H and O–H groups in total. The largest absolute Gasteiger partial charge is 0.245 e. The summed E-state index contributed by atoms with van der Waals surface area (Å²) in [7, 11) is 0. The predicted molar refractivity (Wildman–Crippen MR) is 95.9 cm³/mol. The maximum absolute atomic E-state index is 6.03. The third-order valence-corrected chi connectivity index (χ3v) is 5.61. The van der Waals surface area contributed by atoms with Crippen LogP contribution in [0.3, 0.4) is 0 Å². The Balaban J connectivity index is 2.03. The second-order valence-electron chi connectivity index (χ2n) is 4.92. The van der Waals surface area contributed by atoms with E-state index in [4.69, 9.17) is 11.6 Å². The van der Waals surface area contributed by atoms with E-state index < -0.39 is 0 Å². The van der Waals surface area contributed by atoms with E-state index in [1.807, 2.05) is 31.3 Å². The van der Waals surface area contributed by atoms with Crippen molar-refractivity contribution in [2.75, 3.05) is 0 Å². The fraction of sp³-hybridized carbons (Fsp3) is 0.0588. The number of hydrogen-bond donors (Lipinski definition) is 0. The second-order valence-corrected chi connectivity index (χ2v) is 7.42. The molecule has 0 amide bonds. The molecule has 0 atom stereocenters. The van der Waals surface area contributed by atoms with Gasteiger partial charge >= 0.3 is 0 Å². The van der Waals surface area contributed by atoms with Gasteiger partial charge in [0.15, 0.2) is 0 Å². The van der Waals surface area contributed by atoms with Gasteiger partial charge in [0.2, 0.25) is 0 Å². The molecular weight excluding hydrogens is 332 g/mol. The average molecular weight is 343 g/mol. The molecule has 0 radical (unpaired) electrons. The van der Waals surface area contributed by atoms with E-state index in [9.17, 15) is 0 Å². The highest BCUT2D eigenvalue weighted by molar-refractivity contribution is 7.22. The summed E-state index contributed by atoms with van der Waals surface area (Å²) < 4.78 is 0. The summed E-state index contributed by atoms with van der Waals surface area (Å²) in [6.07, 6.45) is 1.83. The van der Waals surface area contributed by atoms with Crippen LogP contribution in [0.1, 0.15) is 5.01 Å². The van der Waals surface area contributed by atoms with Crippen molar-refractivity contribution in [2.45, 2.75) is 6.92 Å². The van der Waals surface area contributed by atoms with Gasteiger partial charge in [-0.3, -0.25) is 0 Å². The molecule has 3 aromatic heterocycles. The highest BCUT2D eigenvalue weighted by Crippen LogP contribution is 2.44. The molecule has 0 unspecified atom stereocenters. The molecule has 3 heterocycles. The monoisotopic (exact) mass is 342 g/mol. The number of rotatable bonds is 2. The molecule has 108 valence electrons. The lowest BCUT2D eigenvalue weighted by molar-refractivity contribution is 1.31. The Hall–Kier alpha value is -1.75. The van der Waals surface area contributed by atoms with E-state index in [2.05, 4.69) is 33.5 Å². The average Bonchev–Trinajstić information content (AvgIpc) is 3.11. The van der Waals surface area contributed by atoms with Crippen molar-refractivity contribution in [1.29, 1.82) is 0 Å². The molecule has 0 spiro atoms. The highest BCUT2D eigenvalue weighted by Gasteiger charge is 2.17. The fourth-order valence-corrected chi connectivity index (χ4v) is 4.41. The van der Waals surface area contributed by atoms with Crippen molar-refractivity contribution in [2.24, 2.45) is 0 Å². The van der Waals surface area contributed by atoms with Crippen LogP contribution in [0, 0.1) is 6.92 Å². The molecule has 4 aromatic rings. The Bertz CT molecular complexity index is 954. The number of aromatic nitrogens is 2. The minimum absolute atomic E-state index is 0.743. The van der Waals surface area contributed by atoms with Crippen LogP contribution >= 0.6 is 34.3 Å². The summed E-state index contributed by atoms with van der Waals surface area (Å²) >= 11 is 9.39. The Morgan fingerprint density at radius 3 is 2.64 bits per heavy atom. The molecule has 0 aliphatic rings. The van der Waals surface area contributed by atoms with Crippen LogP contribution in [0.5, 0.6) is 0 Å². The van der Waals surface area contributed by atoms with Gasteiger partial charge in [-0.15, -0.1) is 22.7 Å². The zero-order valence-electron chi connectivity index (χ0n) is 11.7. The number of fused-ring (bicyclic) bond motifs is 1. The molecule has 1 aromatic carbocycles. The van der Waals surface area contributed by atoms with Crippen molar-refractivity contribution >= 4 is 44.5 Å². The summed E-state index contributed by atoms with van der Waals surface area (Å²) in [5.74, 6) is 0. The zero-order chi connectivity index (χ0) is 15.1. The van der Waals surface area contributed by atoms with Crippen LogP contribution in [-0.4, -0.2) is 9.97 Å². The summed E-state index contributed by atoms with van der Waals surface area (Å²) in [4.78, 5) is 11.4. The lowest BCUT2D eigenvalue weighted by Crippen LogP contribution is -1.81. The summed E-state index contributed by atoms with van der Waals surface area (Å²) in [5, 5.41) is 5.09. The molecule has 22 heavy (non-hydrogen) atoms. The minimum Gasteiger partial charge on any atom is -0.245 e. The topological polar surface area (TPSA) is 25.8 Å². The van der Waals surface area contributed by atoms with Crippen molar-refractivity contribution in [3.8, 4) is 21.7 Å². The molecule has 0 fully saturated rings. The SMILES string of the molecule is Cc1nc(-c2sc3ncccc3c2-c2ccc(Cl)cc2)cs1. The van der Waals surface area contributed by atoms with Crippen LogP contribution in [0.15, 0.2) is 48.0 Å². The quantitative estimate of drug-likeness (QED) is 0.443. The highest BCUT2D eigenvalue weighted by atomic mass is 35.5. The Morgan fingerprint density at radius 2 is 1.91 bits per heavy atom. The summed E-state index contributed by atoms with van der Waals surface area (Å²) in [6, 6.07) is 12.1.